The maximum absolute atomic E-state index is 11.5. The Morgan fingerprint density at radius 1 is 1.33 bits per heavy atom. The predicted molar refractivity (Wildman–Crippen MR) is 74.7 cm³/mol. The second-order valence-corrected chi connectivity index (χ2v) is 7.64. The number of sulfone groups is 1. The van der Waals surface area contributed by atoms with Crippen molar-refractivity contribution in [1.82, 2.24) is 4.98 Å². The fourth-order valence-electron chi connectivity index (χ4n) is 1.94. The highest BCUT2D eigenvalue weighted by Gasteiger charge is 2.32. The van der Waals surface area contributed by atoms with Gasteiger partial charge in [-0.25, -0.2) is 13.4 Å². The molecule has 100 valence electrons. The van der Waals surface area contributed by atoms with Crippen molar-refractivity contribution in [3.8, 4) is 0 Å². The van der Waals surface area contributed by atoms with Crippen LogP contribution in [0.1, 0.15) is 6.42 Å². The van der Waals surface area contributed by atoms with Gasteiger partial charge in [-0.2, -0.15) is 0 Å². The smallest absolute Gasteiger partial charge is 0.152 e. The van der Waals surface area contributed by atoms with E-state index in [1.54, 1.807) is 11.9 Å². The Balaban J connectivity index is 2.30. The van der Waals surface area contributed by atoms with Crippen LogP contribution in [0.5, 0.6) is 0 Å². The van der Waals surface area contributed by atoms with E-state index in [2.05, 4.69) is 4.98 Å². The molecule has 18 heavy (non-hydrogen) atoms. The molecule has 1 aromatic heterocycles. The summed E-state index contributed by atoms with van der Waals surface area (Å²) in [6, 6.07) is 1.38. The molecule has 1 fully saturated rings. The lowest BCUT2D eigenvalue weighted by Crippen LogP contribution is -2.33. The minimum atomic E-state index is -2.95. The average Bonchev–Trinajstić information content (AvgIpc) is 2.63. The van der Waals surface area contributed by atoms with Gasteiger partial charge in [0.2, 0.25) is 0 Å². The van der Waals surface area contributed by atoms with E-state index in [1.165, 1.54) is 6.07 Å². The molecule has 0 radical (unpaired) electrons. The van der Waals surface area contributed by atoms with Gasteiger partial charge in [-0.15, -0.1) is 0 Å². The lowest BCUT2D eigenvalue weighted by atomic mass is 10.2. The van der Waals surface area contributed by atoms with Crippen LogP contribution in [-0.4, -0.2) is 38.0 Å². The van der Waals surface area contributed by atoms with Crippen molar-refractivity contribution in [2.75, 3.05) is 23.5 Å². The summed E-state index contributed by atoms with van der Waals surface area (Å²) in [6.45, 7) is 0. The van der Waals surface area contributed by atoms with Gasteiger partial charge in [0.25, 0.3) is 0 Å². The summed E-state index contributed by atoms with van der Waals surface area (Å²) in [7, 11) is -1.20. The van der Waals surface area contributed by atoms with Gasteiger partial charge in [0, 0.05) is 13.1 Å². The lowest BCUT2D eigenvalue weighted by molar-refractivity contribution is 0.600. The first kappa shape index (κ1) is 14.2. The van der Waals surface area contributed by atoms with E-state index in [0.29, 0.717) is 17.3 Å². The molecule has 1 saturated heterocycles. The Hall–Kier alpha value is -0.230. The number of anilines is 1. The molecular weight excluding hydrogens is 319 g/mol. The Morgan fingerprint density at radius 2 is 2.00 bits per heavy atom. The maximum Gasteiger partial charge on any atom is 0.152 e. The van der Waals surface area contributed by atoms with Gasteiger partial charge < -0.3 is 4.90 Å². The van der Waals surface area contributed by atoms with Gasteiger partial charge in [0.1, 0.15) is 11.0 Å². The van der Waals surface area contributed by atoms with Gasteiger partial charge in [-0.05, 0) is 12.5 Å². The van der Waals surface area contributed by atoms with E-state index in [1.807, 2.05) is 0 Å². The van der Waals surface area contributed by atoms with E-state index >= 15 is 0 Å². The van der Waals surface area contributed by atoms with Crippen LogP contribution in [0.25, 0.3) is 0 Å². The zero-order valence-corrected chi connectivity index (χ0v) is 12.6. The van der Waals surface area contributed by atoms with Crippen molar-refractivity contribution < 1.29 is 8.42 Å². The number of pyridine rings is 1. The number of hydrogen-bond acceptors (Lipinski definition) is 4. The summed E-state index contributed by atoms with van der Waals surface area (Å²) >= 11 is 17.7. The summed E-state index contributed by atoms with van der Waals surface area (Å²) in [5.74, 6) is 0.760. The third-order valence-corrected chi connectivity index (χ3v) is 5.66. The summed E-state index contributed by atoms with van der Waals surface area (Å²) in [5, 5.41) is 0.790. The van der Waals surface area contributed by atoms with Gasteiger partial charge in [-0.1, -0.05) is 34.8 Å². The Morgan fingerprint density at radius 3 is 2.56 bits per heavy atom. The Bertz CT molecular complexity index is 577. The second-order valence-electron chi connectivity index (χ2n) is 4.23. The van der Waals surface area contributed by atoms with Crippen molar-refractivity contribution in [3.63, 3.8) is 0 Å². The number of hydrogen-bond donors (Lipinski definition) is 0. The first-order valence-electron chi connectivity index (χ1n) is 5.25. The molecule has 0 bridgehead atoms. The normalized spacial score (nSPS) is 22.1. The summed E-state index contributed by atoms with van der Waals surface area (Å²) in [5.41, 5.74) is 0. The first-order valence-corrected chi connectivity index (χ1v) is 8.20. The minimum Gasteiger partial charge on any atom is -0.354 e. The molecule has 2 rings (SSSR count). The second kappa shape index (κ2) is 5.04. The molecule has 0 amide bonds. The van der Waals surface area contributed by atoms with E-state index in [9.17, 15) is 8.42 Å². The van der Waals surface area contributed by atoms with Crippen LogP contribution in [0, 0.1) is 0 Å². The third-order valence-electron chi connectivity index (χ3n) is 2.96. The first-order chi connectivity index (χ1) is 8.30. The molecule has 1 aliphatic heterocycles. The van der Waals surface area contributed by atoms with Gasteiger partial charge >= 0.3 is 0 Å². The summed E-state index contributed by atoms with van der Waals surface area (Å²) in [4.78, 5) is 5.84. The highest BCUT2D eigenvalue weighted by atomic mass is 35.5. The van der Waals surface area contributed by atoms with Gasteiger partial charge in [-0.3, -0.25) is 0 Å². The monoisotopic (exact) mass is 328 g/mol. The molecule has 2 heterocycles. The minimum absolute atomic E-state index is 0.113. The molecular formula is C10H11Cl3N2O2S. The van der Waals surface area contributed by atoms with Crippen LogP contribution in [0.2, 0.25) is 15.2 Å². The number of nitrogens with zero attached hydrogens (tertiary/aromatic N) is 2. The number of aromatic nitrogens is 1. The summed E-state index contributed by atoms with van der Waals surface area (Å²) in [6.07, 6.45) is 0.567. The number of halogens is 3. The van der Waals surface area contributed by atoms with Gasteiger partial charge in [0.05, 0.1) is 21.6 Å². The van der Waals surface area contributed by atoms with Crippen LogP contribution in [0.4, 0.5) is 5.82 Å². The molecule has 1 atom stereocenters. The number of rotatable bonds is 2. The summed E-state index contributed by atoms with van der Waals surface area (Å²) < 4.78 is 22.9. The zero-order valence-electron chi connectivity index (χ0n) is 9.53. The predicted octanol–water partition coefficient (Wildman–Crippen LogP) is 2.67. The molecule has 1 aliphatic rings. The SMILES string of the molecule is CN(c1nc(Cl)c(Cl)cc1Cl)C1CCS(=O)(=O)C1. The fraction of sp³-hybridized carbons (Fsp3) is 0.500. The molecule has 0 N–H and O–H groups in total. The van der Waals surface area contributed by atoms with Crippen LogP contribution in [0.15, 0.2) is 6.07 Å². The fourth-order valence-corrected chi connectivity index (χ4v) is 4.34. The Kier molecular flexibility index (Phi) is 3.97. The standard InChI is InChI=1S/C10H11Cl3N2O2S/c1-15(6-2-3-18(16,17)5-6)10-8(12)4-7(11)9(13)14-10/h4,6H,2-3,5H2,1H3. The van der Waals surface area contributed by atoms with Crippen LogP contribution >= 0.6 is 34.8 Å². The molecule has 1 unspecified atom stereocenters. The highest BCUT2D eigenvalue weighted by molar-refractivity contribution is 7.91. The van der Waals surface area contributed by atoms with Crippen molar-refractivity contribution in [3.05, 3.63) is 21.3 Å². The molecule has 4 nitrogen and oxygen atoms in total. The molecule has 0 aliphatic carbocycles. The largest absolute Gasteiger partial charge is 0.354 e. The van der Waals surface area contributed by atoms with Crippen molar-refractivity contribution >= 4 is 50.5 Å². The quantitative estimate of drug-likeness (QED) is 0.783. The molecule has 8 heteroatoms. The zero-order chi connectivity index (χ0) is 13.5. The van der Waals surface area contributed by atoms with E-state index < -0.39 is 9.84 Å². The molecule has 1 aromatic rings. The highest BCUT2D eigenvalue weighted by Crippen LogP contribution is 2.32. The topological polar surface area (TPSA) is 50.3 Å². The van der Waals surface area contributed by atoms with Crippen LogP contribution in [-0.2, 0) is 9.84 Å². The van der Waals surface area contributed by atoms with E-state index in [-0.39, 0.29) is 27.7 Å². The maximum atomic E-state index is 11.5. The molecule has 0 spiro atoms. The Labute approximate surface area is 121 Å². The lowest BCUT2D eigenvalue weighted by Gasteiger charge is -2.25. The third kappa shape index (κ3) is 2.85. The van der Waals surface area contributed by atoms with Gasteiger partial charge in [0.15, 0.2) is 9.84 Å². The average molecular weight is 330 g/mol. The van der Waals surface area contributed by atoms with Crippen molar-refractivity contribution in [2.45, 2.75) is 12.5 Å². The molecule has 0 aromatic carbocycles. The van der Waals surface area contributed by atoms with E-state index in [0.717, 1.165) is 0 Å². The molecule has 0 saturated carbocycles. The van der Waals surface area contributed by atoms with Crippen molar-refractivity contribution in [1.29, 1.82) is 0 Å². The van der Waals surface area contributed by atoms with Crippen molar-refractivity contribution in [2.24, 2.45) is 0 Å². The van der Waals surface area contributed by atoms with E-state index in [4.69, 9.17) is 34.8 Å². The van der Waals surface area contributed by atoms with Crippen LogP contribution < -0.4 is 4.90 Å². The van der Waals surface area contributed by atoms with Crippen LogP contribution in [0.3, 0.4) is 0 Å².